The van der Waals surface area contributed by atoms with Gasteiger partial charge >= 0.3 is 0 Å². The highest BCUT2D eigenvalue weighted by Gasteiger charge is 2.14. The number of carbonyl (C=O) groups is 1. The van der Waals surface area contributed by atoms with Crippen LogP contribution in [0.5, 0.6) is 5.75 Å². The topological polar surface area (TPSA) is 71.1 Å². The van der Waals surface area contributed by atoms with Crippen LogP contribution in [-0.2, 0) is 17.9 Å². The summed E-state index contributed by atoms with van der Waals surface area (Å²) in [4.78, 5) is 18.7. The Morgan fingerprint density at radius 2 is 1.93 bits per heavy atom. The number of aromatic nitrogens is 3. The van der Waals surface area contributed by atoms with Crippen molar-refractivity contribution in [3.63, 3.8) is 0 Å². The molecule has 1 N–H and O–H groups in total. The molecule has 0 fully saturated rings. The molecule has 1 heterocycles. The van der Waals surface area contributed by atoms with E-state index < -0.39 is 0 Å². The Kier molecular flexibility index (Phi) is 7.33. The fraction of sp³-hybridized carbons (Fsp3) is 0.250. The summed E-state index contributed by atoms with van der Waals surface area (Å²) in [5.41, 5.74) is 1.11. The van der Waals surface area contributed by atoms with Gasteiger partial charge in [-0.2, -0.15) is 0 Å². The lowest BCUT2D eigenvalue weighted by Gasteiger charge is -2.20. The summed E-state index contributed by atoms with van der Waals surface area (Å²) in [6.45, 7) is 3.50. The van der Waals surface area contributed by atoms with Gasteiger partial charge < -0.3 is 9.64 Å². The molecule has 0 aliphatic carbocycles. The van der Waals surface area contributed by atoms with Crippen molar-refractivity contribution < 1.29 is 9.53 Å². The van der Waals surface area contributed by atoms with Crippen LogP contribution >= 0.6 is 23.4 Å². The smallest absolute Gasteiger partial charge is 0.233 e. The first-order chi connectivity index (χ1) is 13.6. The van der Waals surface area contributed by atoms with E-state index in [9.17, 15) is 4.79 Å². The van der Waals surface area contributed by atoms with Crippen LogP contribution in [-0.4, -0.2) is 38.3 Å². The molecule has 0 spiro atoms. The van der Waals surface area contributed by atoms with Gasteiger partial charge in [0, 0.05) is 18.1 Å². The van der Waals surface area contributed by atoms with Crippen molar-refractivity contribution in [1.82, 2.24) is 20.1 Å². The number of thioether (sulfide) groups is 1. The number of carbonyl (C=O) groups excluding carboxylic acids is 1. The van der Waals surface area contributed by atoms with E-state index in [1.54, 1.807) is 24.3 Å². The van der Waals surface area contributed by atoms with Crippen LogP contribution in [0.3, 0.4) is 0 Å². The molecule has 0 radical (unpaired) electrons. The van der Waals surface area contributed by atoms with E-state index in [1.807, 2.05) is 42.2 Å². The second kappa shape index (κ2) is 10.1. The molecule has 0 saturated carbocycles. The lowest BCUT2D eigenvalue weighted by atomic mass is 10.2. The highest BCUT2D eigenvalue weighted by molar-refractivity contribution is 7.99. The van der Waals surface area contributed by atoms with Gasteiger partial charge in [0.15, 0.2) is 5.82 Å². The Morgan fingerprint density at radius 3 is 2.64 bits per heavy atom. The minimum Gasteiger partial charge on any atom is -0.486 e. The number of amides is 1. The quantitative estimate of drug-likeness (QED) is 0.530. The van der Waals surface area contributed by atoms with Crippen LogP contribution in [0, 0.1) is 0 Å². The first kappa shape index (κ1) is 20.2. The number of ether oxygens (including phenoxy) is 1. The fourth-order valence-electron chi connectivity index (χ4n) is 2.49. The number of nitrogens with zero attached hydrogens (tertiary/aromatic N) is 3. The van der Waals surface area contributed by atoms with Crippen molar-refractivity contribution in [1.29, 1.82) is 0 Å². The third-order valence-corrected chi connectivity index (χ3v) is 5.06. The van der Waals surface area contributed by atoms with E-state index in [0.29, 0.717) is 34.8 Å². The maximum atomic E-state index is 12.5. The van der Waals surface area contributed by atoms with Crippen molar-refractivity contribution in [2.75, 3.05) is 12.3 Å². The molecule has 0 bridgehead atoms. The molecule has 0 saturated heterocycles. The van der Waals surface area contributed by atoms with E-state index in [-0.39, 0.29) is 18.3 Å². The third-order valence-electron chi connectivity index (χ3n) is 3.98. The van der Waals surface area contributed by atoms with Crippen molar-refractivity contribution in [2.24, 2.45) is 0 Å². The van der Waals surface area contributed by atoms with Crippen LogP contribution < -0.4 is 4.74 Å². The average molecular weight is 417 g/mol. The second-order valence-corrected chi connectivity index (χ2v) is 7.37. The number of hydrogen-bond acceptors (Lipinski definition) is 5. The Hall–Kier alpha value is -2.51. The Bertz CT molecular complexity index is 887. The van der Waals surface area contributed by atoms with Gasteiger partial charge in [-0.1, -0.05) is 53.7 Å². The molecule has 1 amide bonds. The van der Waals surface area contributed by atoms with E-state index >= 15 is 0 Å². The predicted molar refractivity (Wildman–Crippen MR) is 110 cm³/mol. The van der Waals surface area contributed by atoms with Gasteiger partial charge in [0.05, 0.1) is 5.75 Å². The molecule has 6 nitrogen and oxygen atoms in total. The standard InChI is InChI=1S/C20H21ClN4O2S/c1-2-25(12-15-6-4-3-5-7-15)19(26)14-28-20-22-18(23-24-20)13-27-17-10-8-16(21)9-11-17/h3-11H,2,12-14H2,1H3,(H,22,23,24). The number of H-pyrrole nitrogens is 1. The lowest BCUT2D eigenvalue weighted by molar-refractivity contribution is -0.128. The minimum atomic E-state index is 0.0557. The van der Waals surface area contributed by atoms with Crippen LogP contribution in [0.2, 0.25) is 5.02 Å². The first-order valence-electron chi connectivity index (χ1n) is 8.88. The first-order valence-corrected chi connectivity index (χ1v) is 10.2. The third kappa shape index (κ3) is 6.00. The van der Waals surface area contributed by atoms with Gasteiger partial charge in [0.25, 0.3) is 0 Å². The van der Waals surface area contributed by atoms with E-state index in [2.05, 4.69) is 15.2 Å². The average Bonchev–Trinajstić information content (AvgIpc) is 3.18. The van der Waals surface area contributed by atoms with Gasteiger partial charge in [0.2, 0.25) is 11.1 Å². The van der Waals surface area contributed by atoms with Crippen molar-refractivity contribution in [3.05, 3.63) is 71.0 Å². The molecule has 28 heavy (non-hydrogen) atoms. The fourth-order valence-corrected chi connectivity index (χ4v) is 3.33. The van der Waals surface area contributed by atoms with Gasteiger partial charge in [0.1, 0.15) is 12.4 Å². The van der Waals surface area contributed by atoms with E-state index in [0.717, 1.165) is 5.56 Å². The highest BCUT2D eigenvalue weighted by Crippen LogP contribution is 2.18. The zero-order valence-corrected chi connectivity index (χ0v) is 17.0. The van der Waals surface area contributed by atoms with Gasteiger partial charge in [-0.15, -0.1) is 5.10 Å². The Labute approximate surface area is 173 Å². The molecule has 8 heteroatoms. The maximum Gasteiger partial charge on any atom is 0.233 e. The van der Waals surface area contributed by atoms with Gasteiger partial charge in [-0.25, -0.2) is 4.98 Å². The summed E-state index contributed by atoms with van der Waals surface area (Å²) in [6, 6.07) is 17.1. The Morgan fingerprint density at radius 1 is 1.18 bits per heavy atom. The van der Waals surface area contributed by atoms with Gasteiger partial charge in [-0.05, 0) is 36.8 Å². The number of halogens is 1. The number of aromatic amines is 1. The molecular formula is C20H21ClN4O2S. The van der Waals surface area contributed by atoms with Crippen LogP contribution in [0.4, 0.5) is 0 Å². The largest absolute Gasteiger partial charge is 0.486 e. The van der Waals surface area contributed by atoms with Crippen LogP contribution in [0.25, 0.3) is 0 Å². The second-order valence-electron chi connectivity index (χ2n) is 5.99. The predicted octanol–water partition coefficient (Wildman–Crippen LogP) is 4.18. The molecule has 0 unspecified atom stereocenters. The number of nitrogens with one attached hydrogen (secondary N) is 1. The molecule has 3 aromatic rings. The monoisotopic (exact) mass is 416 g/mol. The zero-order chi connectivity index (χ0) is 19.8. The maximum absolute atomic E-state index is 12.5. The SMILES string of the molecule is CCN(Cc1ccccc1)C(=O)CSc1n[nH]c(COc2ccc(Cl)cc2)n1. The Balaban J connectivity index is 1.47. The molecule has 2 aromatic carbocycles. The minimum absolute atomic E-state index is 0.0557. The molecule has 0 aliphatic rings. The number of hydrogen-bond donors (Lipinski definition) is 1. The number of rotatable bonds is 9. The highest BCUT2D eigenvalue weighted by atomic mass is 35.5. The molecular weight excluding hydrogens is 396 g/mol. The summed E-state index contributed by atoms with van der Waals surface area (Å²) >= 11 is 7.16. The summed E-state index contributed by atoms with van der Waals surface area (Å²) in [5.74, 6) is 1.64. The van der Waals surface area contributed by atoms with E-state index in [4.69, 9.17) is 16.3 Å². The molecule has 146 valence electrons. The number of benzene rings is 2. The lowest BCUT2D eigenvalue weighted by Crippen LogP contribution is -2.31. The van der Waals surface area contributed by atoms with Crippen molar-refractivity contribution in [2.45, 2.75) is 25.2 Å². The summed E-state index contributed by atoms with van der Waals surface area (Å²) in [5, 5.41) is 8.16. The molecule has 1 aromatic heterocycles. The summed E-state index contributed by atoms with van der Waals surface area (Å²) < 4.78 is 5.63. The van der Waals surface area contributed by atoms with Crippen molar-refractivity contribution in [3.8, 4) is 5.75 Å². The molecule has 0 aliphatic heterocycles. The van der Waals surface area contributed by atoms with Gasteiger partial charge in [-0.3, -0.25) is 9.89 Å². The molecule has 3 rings (SSSR count). The zero-order valence-electron chi connectivity index (χ0n) is 15.5. The summed E-state index contributed by atoms with van der Waals surface area (Å²) in [6.07, 6.45) is 0. The van der Waals surface area contributed by atoms with Crippen LogP contribution in [0.1, 0.15) is 18.3 Å². The molecule has 0 atom stereocenters. The van der Waals surface area contributed by atoms with Crippen LogP contribution in [0.15, 0.2) is 59.8 Å². The van der Waals surface area contributed by atoms with E-state index in [1.165, 1.54) is 11.8 Å². The summed E-state index contributed by atoms with van der Waals surface area (Å²) in [7, 11) is 0. The van der Waals surface area contributed by atoms with Crippen molar-refractivity contribution >= 4 is 29.3 Å². The normalized spacial score (nSPS) is 10.6.